The first kappa shape index (κ1) is 28.5. The molecule has 1 aliphatic rings. The third-order valence-electron chi connectivity index (χ3n) is 7.06. The third kappa shape index (κ3) is 7.71. The van der Waals surface area contributed by atoms with E-state index in [-0.39, 0.29) is 18.5 Å². The lowest BCUT2D eigenvalue weighted by molar-refractivity contribution is -0.139. The van der Waals surface area contributed by atoms with E-state index in [9.17, 15) is 18.0 Å². The van der Waals surface area contributed by atoms with E-state index in [1.165, 1.54) is 11.3 Å². The van der Waals surface area contributed by atoms with Gasteiger partial charge in [0.25, 0.3) is 0 Å². The number of nitrogens with zero attached hydrogens (tertiary/aromatic N) is 2. The molecule has 9 heteroatoms. The predicted molar refractivity (Wildman–Crippen MR) is 146 cm³/mol. The highest BCUT2D eigenvalue weighted by Gasteiger charge is 2.31. The quantitative estimate of drug-likeness (QED) is 0.503. The molecule has 8 nitrogen and oxygen atoms in total. The van der Waals surface area contributed by atoms with Crippen molar-refractivity contribution in [3.8, 4) is 5.75 Å². The fourth-order valence-electron chi connectivity index (χ4n) is 4.61. The molecule has 1 saturated carbocycles. The van der Waals surface area contributed by atoms with Gasteiger partial charge in [-0.15, -0.1) is 0 Å². The monoisotopic (exact) mass is 529 g/mol. The Kier molecular flexibility index (Phi) is 9.59. The smallest absolute Gasteiger partial charge is 0.244 e. The molecule has 0 heterocycles. The van der Waals surface area contributed by atoms with Crippen molar-refractivity contribution in [2.45, 2.75) is 71.5 Å². The maximum atomic E-state index is 13.7. The van der Waals surface area contributed by atoms with E-state index in [2.05, 4.69) is 5.32 Å². The summed E-state index contributed by atoms with van der Waals surface area (Å²) in [5, 5.41) is 3.10. The second-order valence-electron chi connectivity index (χ2n) is 9.93. The normalized spacial score (nSPS) is 15.1. The number of anilines is 1. The van der Waals surface area contributed by atoms with Crippen LogP contribution >= 0.6 is 0 Å². The van der Waals surface area contributed by atoms with E-state index in [0.29, 0.717) is 11.4 Å². The molecule has 37 heavy (non-hydrogen) atoms. The Balaban J connectivity index is 1.89. The first-order valence-electron chi connectivity index (χ1n) is 12.8. The summed E-state index contributed by atoms with van der Waals surface area (Å²) in [5.74, 6) is -0.0601. The highest BCUT2D eigenvalue weighted by atomic mass is 32.2. The molecular weight excluding hydrogens is 490 g/mol. The van der Waals surface area contributed by atoms with Gasteiger partial charge in [-0.25, -0.2) is 8.42 Å². The maximum absolute atomic E-state index is 13.7. The van der Waals surface area contributed by atoms with Gasteiger partial charge in [-0.2, -0.15) is 0 Å². The van der Waals surface area contributed by atoms with Crippen LogP contribution in [0.3, 0.4) is 0 Å². The van der Waals surface area contributed by atoms with Crippen molar-refractivity contribution in [1.82, 2.24) is 10.2 Å². The van der Waals surface area contributed by atoms with Crippen LogP contribution in [0.5, 0.6) is 5.75 Å². The summed E-state index contributed by atoms with van der Waals surface area (Å²) in [6.45, 7) is 5.26. The number of nitrogens with one attached hydrogen (secondary N) is 1. The second kappa shape index (κ2) is 12.4. The van der Waals surface area contributed by atoms with E-state index >= 15 is 0 Å². The molecule has 2 aromatic carbocycles. The number of amides is 2. The van der Waals surface area contributed by atoms with Crippen molar-refractivity contribution in [3.05, 3.63) is 59.2 Å². The first-order chi connectivity index (χ1) is 17.5. The van der Waals surface area contributed by atoms with Gasteiger partial charge in [0.1, 0.15) is 18.3 Å². The SMILES string of the molecule is COc1cccc(CN(C(=O)CN(c2ccc(C)c(C)c2)S(C)(=O)=O)C(C)C(=O)NC2CCCCC2)c1. The zero-order valence-electron chi connectivity index (χ0n) is 22.5. The van der Waals surface area contributed by atoms with Crippen LogP contribution in [0.4, 0.5) is 5.69 Å². The van der Waals surface area contributed by atoms with Crippen molar-refractivity contribution >= 4 is 27.5 Å². The molecule has 2 amide bonds. The van der Waals surface area contributed by atoms with E-state index < -0.39 is 28.5 Å². The summed E-state index contributed by atoms with van der Waals surface area (Å²) in [5.41, 5.74) is 3.14. The molecule has 2 aromatic rings. The van der Waals surface area contributed by atoms with Crippen molar-refractivity contribution in [2.24, 2.45) is 0 Å². The highest BCUT2D eigenvalue weighted by molar-refractivity contribution is 7.92. The predicted octanol–water partition coefficient (Wildman–Crippen LogP) is 3.94. The molecule has 0 spiro atoms. The largest absolute Gasteiger partial charge is 0.497 e. The molecule has 0 aliphatic heterocycles. The molecule has 202 valence electrons. The molecule has 1 aliphatic carbocycles. The van der Waals surface area contributed by atoms with Crippen LogP contribution in [0, 0.1) is 13.8 Å². The standard InChI is InChI=1S/C28H39N3O5S/c1-20-14-15-25(16-21(20)2)31(37(5,34)35)19-27(32)30(18-23-10-9-13-26(17-23)36-4)22(3)28(33)29-24-11-7-6-8-12-24/h9-10,13-17,22,24H,6-8,11-12,18-19H2,1-5H3,(H,29,33). The lowest BCUT2D eigenvalue weighted by Crippen LogP contribution is -2.53. The molecule has 0 bridgehead atoms. The van der Waals surface area contributed by atoms with Crippen LogP contribution in [-0.2, 0) is 26.2 Å². The molecule has 1 unspecified atom stereocenters. The van der Waals surface area contributed by atoms with Gasteiger partial charge in [-0.05, 0) is 74.6 Å². The maximum Gasteiger partial charge on any atom is 0.244 e. The number of hydrogen-bond acceptors (Lipinski definition) is 5. The number of methoxy groups -OCH3 is 1. The lowest BCUT2D eigenvalue weighted by atomic mass is 9.95. The number of benzene rings is 2. The number of rotatable bonds is 10. The Morgan fingerprint density at radius 2 is 1.76 bits per heavy atom. The van der Waals surface area contributed by atoms with Crippen LogP contribution in [0.15, 0.2) is 42.5 Å². The van der Waals surface area contributed by atoms with E-state index in [1.54, 1.807) is 32.2 Å². The number of carbonyl (C=O) groups excluding carboxylic acids is 2. The minimum atomic E-state index is -3.76. The fraction of sp³-hybridized carbons (Fsp3) is 0.500. The second-order valence-corrected chi connectivity index (χ2v) is 11.8. The minimum Gasteiger partial charge on any atom is -0.497 e. The Hall–Kier alpha value is -3.07. The lowest BCUT2D eigenvalue weighted by Gasteiger charge is -2.33. The number of ether oxygens (including phenoxy) is 1. The van der Waals surface area contributed by atoms with Crippen LogP contribution in [0.1, 0.15) is 55.7 Å². The summed E-state index contributed by atoms with van der Waals surface area (Å²) in [6, 6.07) is 11.9. The van der Waals surface area contributed by atoms with Crippen molar-refractivity contribution < 1.29 is 22.7 Å². The molecule has 3 rings (SSSR count). The molecule has 0 radical (unpaired) electrons. The summed E-state index contributed by atoms with van der Waals surface area (Å²) in [7, 11) is -2.20. The molecule has 0 saturated heterocycles. The van der Waals surface area contributed by atoms with Crippen LogP contribution in [-0.4, -0.2) is 57.1 Å². The molecule has 1 fully saturated rings. The van der Waals surface area contributed by atoms with Crippen molar-refractivity contribution in [1.29, 1.82) is 0 Å². The molecular formula is C28H39N3O5S. The topological polar surface area (TPSA) is 96.0 Å². The summed E-state index contributed by atoms with van der Waals surface area (Å²) in [4.78, 5) is 28.4. The van der Waals surface area contributed by atoms with E-state index in [4.69, 9.17) is 4.74 Å². The average Bonchev–Trinajstić information content (AvgIpc) is 2.87. The zero-order valence-corrected chi connectivity index (χ0v) is 23.3. The van der Waals surface area contributed by atoms with Crippen LogP contribution < -0.4 is 14.4 Å². The number of carbonyl (C=O) groups is 2. The molecule has 0 aromatic heterocycles. The first-order valence-corrected chi connectivity index (χ1v) is 14.6. The van der Waals surface area contributed by atoms with Crippen molar-refractivity contribution in [2.75, 3.05) is 24.2 Å². The van der Waals surface area contributed by atoms with Gasteiger partial charge in [-0.1, -0.05) is 37.5 Å². The Morgan fingerprint density at radius 3 is 2.38 bits per heavy atom. The number of sulfonamides is 1. The van der Waals surface area contributed by atoms with Gasteiger partial charge in [0.05, 0.1) is 19.1 Å². The van der Waals surface area contributed by atoms with Crippen LogP contribution in [0.2, 0.25) is 0 Å². The van der Waals surface area contributed by atoms with E-state index in [0.717, 1.165) is 52.9 Å². The van der Waals surface area contributed by atoms with Gasteiger partial charge in [0.15, 0.2) is 0 Å². The van der Waals surface area contributed by atoms with Crippen LogP contribution in [0.25, 0.3) is 0 Å². The van der Waals surface area contributed by atoms with Crippen molar-refractivity contribution in [3.63, 3.8) is 0 Å². The molecule has 1 N–H and O–H groups in total. The van der Waals surface area contributed by atoms with Gasteiger partial charge >= 0.3 is 0 Å². The Labute approximate surface area is 221 Å². The highest BCUT2D eigenvalue weighted by Crippen LogP contribution is 2.23. The third-order valence-corrected chi connectivity index (χ3v) is 8.20. The van der Waals surface area contributed by atoms with Gasteiger partial charge in [0.2, 0.25) is 21.8 Å². The number of aryl methyl sites for hydroxylation is 2. The minimum absolute atomic E-state index is 0.0977. The summed E-state index contributed by atoms with van der Waals surface area (Å²) < 4.78 is 31.9. The Bertz CT molecular complexity index is 1210. The number of hydrogen-bond donors (Lipinski definition) is 1. The molecule has 1 atom stereocenters. The zero-order chi connectivity index (χ0) is 27.2. The van der Waals surface area contributed by atoms with E-state index in [1.807, 2.05) is 38.1 Å². The summed E-state index contributed by atoms with van der Waals surface area (Å²) >= 11 is 0. The van der Waals surface area contributed by atoms with Gasteiger partial charge < -0.3 is 15.0 Å². The van der Waals surface area contributed by atoms with Gasteiger partial charge in [-0.3, -0.25) is 13.9 Å². The average molecular weight is 530 g/mol. The fourth-order valence-corrected chi connectivity index (χ4v) is 5.45. The Morgan fingerprint density at radius 1 is 1.05 bits per heavy atom. The summed E-state index contributed by atoms with van der Waals surface area (Å²) in [6.07, 6.45) is 6.26. The van der Waals surface area contributed by atoms with Gasteiger partial charge in [0, 0.05) is 12.6 Å².